The number of carbonyl (C=O) groups excluding carboxylic acids is 1. The van der Waals surface area contributed by atoms with Crippen molar-refractivity contribution >= 4 is 11.7 Å². The van der Waals surface area contributed by atoms with Gasteiger partial charge in [0.2, 0.25) is 0 Å². The molecule has 4 rings (SSSR count). The number of nitrogens with zero attached hydrogens (tertiary/aromatic N) is 4. The molecular weight excluding hydrogens is 345 g/mol. The Labute approximate surface area is 156 Å². The summed E-state index contributed by atoms with van der Waals surface area (Å²) in [5, 5.41) is 7.36. The summed E-state index contributed by atoms with van der Waals surface area (Å²) in [6.45, 7) is 5.44. The molecule has 1 aliphatic rings. The Morgan fingerprint density at radius 2 is 1.81 bits per heavy atom. The molecule has 1 aliphatic heterocycles. The Morgan fingerprint density at radius 1 is 1.11 bits per heavy atom. The third-order valence-corrected chi connectivity index (χ3v) is 4.65. The fourth-order valence-electron chi connectivity index (χ4n) is 3.40. The lowest BCUT2D eigenvalue weighted by Crippen LogP contribution is -2.41. The largest absolute Gasteiger partial charge is 0.322 e. The molecule has 7 heteroatoms. The summed E-state index contributed by atoms with van der Waals surface area (Å²) in [5.41, 5.74) is 5.22. The number of carbonyl (C=O) groups is 1. The van der Waals surface area contributed by atoms with Crippen molar-refractivity contribution in [3.05, 3.63) is 65.5 Å². The Kier molecular flexibility index (Phi) is 4.35. The Balaban J connectivity index is 1.54. The van der Waals surface area contributed by atoms with E-state index < -0.39 is 0 Å². The van der Waals surface area contributed by atoms with E-state index in [-0.39, 0.29) is 11.8 Å². The van der Waals surface area contributed by atoms with Crippen molar-refractivity contribution in [1.82, 2.24) is 19.7 Å². The van der Waals surface area contributed by atoms with Crippen LogP contribution in [0.25, 0.3) is 11.1 Å². The Morgan fingerprint density at radius 3 is 2.52 bits per heavy atom. The molecular formula is C20H20FN5O. The van der Waals surface area contributed by atoms with Crippen LogP contribution in [0.1, 0.15) is 17.1 Å². The first-order valence-corrected chi connectivity index (χ1v) is 8.81. The molecule has 27 heavy (non-hydrogen) atoms. The van der Waals surface area contributed by atoms with E-state index in [0.29, 0.717) is 19.6 Å². The second-order valence-electron chi connectivity index (χ2n) is 6.73. The average molecular weight is 365 g/mol. The summed E-state index contributed by atoms with van der Waals surface area (Å²) < 4.78 is 15.1. The molecule has 2 aromatic heterocycles. The van der Waals surface area contributed by atoms with E-state index in [1.165, 1.54) is 12.1 Å². The fraction of sp³-hybridized carbons (Fsp3) is 0.250. The van der Waals surface area contributed by atoms with Crippen molar-refractivity contribution in [3.63, 3.8) is 0 Å². The van der Waals surface area contributed by atoms with Crippen LogP contribution in [0.3, 0.4) is 0 Å². The molecule has 0 saturated carbocycles. The molecule has 0 bridgehead atoms. The zero-order chi connectivity index (χ0) is 19.0. The minimum Gasteiger partial charge on any atom is -0.317 e. The number of benzene rings is 1. The van der Waals surface area contributed by atoms with Gasteiger partial charge in [0.1, 0.15) is 5.82 Å². The van der Waals surface area contributed by atoms with Gasteiger partial charge in [-0.1, -0.05) is 12.1 Å². The molecule has 3 aromatic rings. The van der Waals surface area contributed by atoms with E-state index in [2.05, 4.69) is 15.4 Å². The number of aryl methyl sites for hydroxylation is 2. The summed E-state index contributed by atoms with van der Waals surface area (Å²) in [5.74, 6) is -0.274. The van der Waals surface area contributed by atoms with Crippen LogP contribution in [0.5, 0.6) is 0 Å². The molecule has 0 unspecified atom stereocenters. The van der Waals surface area contributed by atoms with E-state index >= 15 is 0 Å². The van der Waals surface area contributed by atoms with Gasteiger partial charge in [0.15, 0.2) is 0 Å². The number of hydrogen-bond acceptors (Lipinski definition) is 3. The molecule has 1 N–H and O–H groups in total. The summed E-state index contributed by atoms with van der Waals surface area (Å²) in [6, 6.07) is 9.87. The van der Waals surface area contributed by atoms with Crippen LogP contribution in [0.2, 0.25) is 0 Å². The van der Waals surface area contributed by atoms with Gasteiger partial charge in [-0.2, -0.15) is 5.10 Å². The van der Waals surface area contributed by atoms with E-state index in [4.69, 9.17) is 0 Å². The van der Waals surface area contributed by atoms with Gasteiger partial charge < -0.3 is 10.2 Å². The highest BCUT2D eigenvalue weighted by Gasteiger charge is 2.24. The predicted octanol–water partition coefficient (Wildman–Crippen LogP) is 3.75. The number of amides is 2. The highest BCUT2D eigenvalue weighted by Crippen LogP contribution is 2.27. The predicted molar refractivity (Wildman–Crippen MR) is 101 cm³/mol. The standard InChI is InChI=1S/C20H20FN5O/c1-13-9-17(10-14(2)23-13)24-20(27)25-7-8-26-19(12-25)18(11-22-26)15-3-5-16(21)6-4-15/h3-6,9-11H,7-8,12H2,1-2H3,(H,23,24,27). The van der Waals surface area contributed by atoms with Gasteiger partial charge >= 0.3 is 6.03 Å². The van der Waals surface area contributed by atoms with Gasteiger partial charge in [0.05, 0.1) is 25.0 Å². The molecule has 1 aromatic carbocycles. The SMILES string of the molecule is Cc1cc(NC(=O)N2CCn3ncc(-c4ccc(F)cc4)c3C2)cc(C)n1. The molecule has 0 spiro atoms. The number of rotatable bonds is 2. The molecule has 0 aliphatic carbocycles. The fourth-order valence-corrected chi connectivity index (χ4v) is 3.40. The van der Waals surface area contributed by atoms with E-state index in [1.54, 1.807) is 23.2 Å². The summed E-state index contributed by atoms with van der Waals surface area (Å²) >= 11 is 0. The van der Waals surface area contributed by atoms with Gasteiger partial charge in [-0.05, 0) is 43.7 Å². The first-order chi connectivity index (χ1) is 13.0. The highest BCUT2D eigenvalue weighted by molar-refractivity contribution is 5.89. The minimum atomic E-state index is -0.274. The van der Waals surface area contributed by atoms with Crippen molar-refractivity contribution in [1.29, 1.82) is 0 Å². The van der Waals surface area contributed by atoms with Gasteiger partial charge in [-0.25, -0.2) is 9.18 Å². The first-order valence-electron chi connectivity index (χ1n) is 8.81. The number of fused-ring (bicyclic) bond motifs is 1. The quantitative estimate of drug-likeness (QED) is 0.752. The molecule has 3 heterocycles. The van der Waals surface area contributed by atoms with Gasteiger partial charge in [-0.15, -0.1) is 0 Å². The lowest BCUT2D eigenvalue weighted by atomic mass is 10.1. The number of anilines is 1. The van der Waals surface area contributed by atoms with E-state index in [0.717, 1.165) is 33.9 Å². The van der Waals surface area contributed by atoms with Crippen LogP contribution in [-0.2, 0) is 13.1 Å². The molecule has 6 nitrogen and oxygen atoms in total. The van der Waals surface area contributed by atoms with Gasteiger partial charge in [0.25, 0.3) is 0 Å². The Hall–Kier alpha value is -3.22. The average Bonchev–Trinajstić information content (AvgIpc) is 3.04. The summed E-state index contributed by atoms with van der Waals surface area (Å²) in [7, 11) is 0. The molecule has 138 valence electrons. The molecule has 0 fully saturated rings. The second-order valence-corrected chi connectivity index (χ2v) is 6.73. The first kappa shape index (κ1) is 17.2. The van der Waals surface area contributed by atoms with Crippen molar-refractivity contribution in [3.8, 4) is 11.1 Å². The van der Waals surface area contributed by atoms with E-state index in [9.17, 15) is 9.18 Å². The zero-order valence-corrected chi connectivity index (χ0v) is 15.2. The van der Waals surface area contributed by atoms with Crippen molar-refractivity contribution < 1.29 is 9.18 Å². The van der Waals surface area contributed by atoms with Crippen molar-refractivity contribution in [2.45, 2.75) is 26.9 Å². The topological polar surface area (TPSA) is 63.1 Å². The van der Waals surface area contributed by atoms with Gasteiger partial charge in [-0.3, -0.25) is 9.67 Å². The van der Waals surface area contributed by atoms with Crippen LogP contribution in [-0.4, -0.2) is 32.2 Å². The monoisotopic (exact) mass is 365 g/mol. The van der Waals surface area contributed by atoms with Crippen LogP contribution >= 0.6 is 0 Å². The normalized spacial score (nSPS) is 13.4. The number of halogens is 1. The third kappa shape index (κ3) is 3.53. The number of pyridine rings is 1. The maximum atomic E-state index is 13.2. The molecule has 0 saturated heterocycles. The zero-order valence-electron chi connectivity index (χ0n) is 15.2. The highest BCUT2D eigenvalue weighted by atomic mass is 19.1. The van der Waals surface area contributed by atoms with Crippen molar-refractivity contribution in [2.24, 2.45) is 0 Å². The summed E-state index contributed by atoms with van der Waals surface area (Å²) in [4.78, 5) is 18.8. The molecule has 0 atom stereocenters. The third-order valence-electron chi connectivity index (χ3n) is 4.65. The van der Waals surface area contributed by atoms with Crippen LogP contribution in [0, 0.1) is 19.7 Å². The van der Waals surface area contributed by atoms with Crippen LogP contribution in [0.15, 0.2) is 42.6 Å². The summed E-state index contributed by atoms with van der Waals surface area (Å²) in [6.07, 6.45) is 1.78. The molecule has 0 radical (unpaired) electrons. The Bertz CT molecular complexity index is 976. The van der Waals surface area contributed by atoms with Crippen molar-refractivity contribution in [2.75, 3.05) is 11.9 Å². The van der Waals surface area contributed by atoms with E-state index in [1.807, 2.05) is 30.7 Å². The van der Waals surface area contributed by atoms with Gasteiger partial charge in [0, 0.05) is 29.2 Å². The lowest BCUT2D eigenvalue weighted by molar-refractivity contribution is 0.194. The number of aromatic nitrogens is 3. The maximum absolute atomic E-state index is 13.2. The van der Waals surface area contributed by atoms with Crippen LogP contribution in [0.4, 0.5) is 14.9 Å². The number of hydrogen-bond donors (Lipinski definition) is 1. The lowest BCUT2D eigenvalue weighted by Gasteiger charge is -2.28. The minimum absolute atomic E-state index is 0.155. The number of urea groups is 1. The number of nitrogens with one attached hydrogen (secondary N) is 1. The smallest absolute Gasteiger partial charge is 0.317 e. The van der Waals surface area contributed by atoms with Crippen LogP contribution < -0.4 is 5.32 Å². The molecule has 2 amide bonds. The maximum Gasteiger partial charge on any atom is 0.322 e. The second kappa shape index (κ2) is 6.83.